The number of hydrogen-bond acceptors (Lipinski definition) is 2. The van der Waals surface area contributed by atoms with Gasteiger partial charge in [-0.15, -0.1) is 0 Å². The van der Waals surface area contributed by atoms with E-state index in [-0.39, 0.29) is 11.3 Å². The van der Waals surface area contributed by atoms with E-state index >= 15 is 0 Å². The topological polar surface area (TPSA) is 41.1 Å². The van der Waals surface area contributed by atoms with Gasteiger partial charge in [0, 0.05) is 11.6 Å². The molecule has 1 aliphatic rings. The minimum Gasteiger partial charge on any atom is -0.324 e. The summed E-state index contributed by atoms with van der Waals surface area (Å²) in [6.07, 6.45) is 2.75. The number of halogens is 2. The number of amides is 1. The molecule has 0 saturated carbocycles. The van der Waals surface area contributed by atoms with Gasteiger partial charge in [-0.2, -0.15) is 0 Å². The molecule has 1 atom stereocenters. The predicted molar refractivity (Wildman–Crippen MR) is 79.9 cm³/mol. The zero-order valence-corrected chi connectivity index (χ0v) is 12.4. The summed E-state index contributed by atoms with van der Waals surface area (Å²) in [4.78, 5) is 12.5. The number of benzene rings is 1. The molecule has 3 nitrogen and oxygen atoms in total. The molecule has 0 radical (unpaired) electrons. The van der Waals surface area contributed by atoms with Gasteiger partial charge < -0.3 is 10.6 Å². The monoisotopic (exact) mass is 300 g/mol. The molecular weight excluding hydrogens is 283 g/mol. The van der Waals surface area contributed by atoms with Crippen LogP contribution in [-0.2, 0) is 4.79 Å². The molecule has 1 aromatic carbocycles. The van der Waals surface area contributed by atoms with Crippen LogP contribution in [0.2, 0.25) is 10.0 Å². The molecule has 2 N–H and O–H groups in total. The second kappa shape index (κ2) is 6.12. The van der Waals surface area contributed by atoms with Crippen molar-refractivity contribution in [2.75, 3.05) is 18.4 Å². The van der Waals surface area contributed by atoms with Crippen LogP contribution < -0.4 is 10.6 Å². The first-order chi connectivity index (χ1) is 9.07. The van der Waals surface area contributed by atoms with E-state index < -0.39 is 0 Å². The summed E-state index contributed by atoms with van der Waals surface area (Å²) in [6.45, 7) is 3.76. The SMILES string of the molecule is CCC1(C(=O)Nc2ccc(Cl)cc2Cl)CCCNC1. The van der Waals surface area contributed by atoms with E-state index in [0.717, 1.165) is 32.4 Å². The van der Waals surface area contributed by atoms with Crippen LogP contribution in [0.3, 0.4) is 0 Å². The zero-order chi connectivity index (χ0) is 13.9. The molecule has 1 unspecified atom stereocenters. The molecule has 0 aromatic heterocycles. The molecule has 1 fully saturated rings. The van der Waals surface area contributed by atoms with Gasteiger partial charge in [0.05, 0.1) is 16.1 Å². The van der Waals surface area contributed by atoms with Gasteiger partial charge in [0.15, 0.2) is 0 Å². The highest BCUT2D eigenvalue weighted by atomic mass is 35.5. The number of anilines is 1. The molecule has 104 valence electrons. The molecule has 0 bridgehead atoms. The van der Waals surface area contributed by atoms with Gasteiger partial charge in [0.25, 0.3) is 0 Å². The van der Waals surface area contributed by atoms with Gasteiger partial charge >= 0.3 is 0 Å². The standard InChI is InChI=1S/C14H18Cl2N2O/c1-2-14(6-3-7-17-9-14)13(19)18-12-5-4-10(15)8-11(12)16/h4-5,8,17H,2-3,6-7,9H2,1H3,(H,18,19). The number of carbonyl (C=O) groups is 1. The van der Waals surface area contributed by atoms with E-state index in [1.807, 2.05) is 0 Å². The van der Waals surface area contributed by atoms with Crippen molar-refractivity contribution in [3.63, 3.8) is 0 Å². The lowest BCUT2D eigenvalue weighted by atomic mass is 9.77. The van der Waals surface area contributed by atoms with Crippen molar-refractivity contribution in [1.29, 1.82) is 0 Å². The third-order valence-electron chi connectivity index (χ3n) is 3.81. The van der Waals surface area contributed by atoms with Crippen LogP contribution in [0.4, 0.5) is 5.69 Å². The van der Waals surface area contributed by atoms with Crippen molar-refractivity contribution in [2.45, 2.75) is 26.2 Å². The Morgan fingerprint density at radius 3 is 2.84 bits per heavy atom. The first kappa shape index (κ1) is 14.6. The summed E-state index contributed by atoms with van der Waals surface area (Å²) < 4.78 is 0. The number of carbonyl (C=O) groups excluding carboxylic acids is 1. The van der Waals surface area contributed by atoms with E-state index in [4.69, 9.17) is 23.2 Å². The summed E-state index contributed by atoms with van der Waals surface area (Å²) in [5.74, 6) is 0.0337. The Labute approximate surface area is 123 Å². The third kappa shape index (κ3) is 3.22. The van der Waals surface area contributed by atoms with E-state index in [1.54, 1.807) is 18.2 Å². The Balaban J connectivity index is 2.15. The van der Waals surface area contributed by atoms with Crippen LogP contribution in [0.25, 0.3) is 0 Å². The molecule has 0 aliphatic carbocycles. The Hall–Kier alpha value is -0.770. The molecule has 1 saturated heterocycles. The van der Waals surface area contributed by atoms with Crippen molar-refractivity contribution < 1.29 is 4.79 Å². The van der Waals surface area contributed by atoms with Crippen LogP contribution in [0, 0.1) is 5.41 Å². The fourth-order valence-corrected chi connectivity index (χ4v) is 2.93. The highest BCUT2D eigenvalue weighted by Crippen LogP contribution is 2.33. The van der Waals surface area contributed by atoms with Crippen molar-refractivity contribution in [2.24, 2.45) is 5.41 Å². The third-order valence-corrected chi connectivity index (χ3v) is 4.36. The van der Waals surface area contributed by atoms with Gasteiger partial charge in [0.1, 0.15) is 0 Å². The van der Waals surface area contributed by atoms with Gasteiger partial charge in [-0.1, -0.05) is 30.1 Å². The summed E-state index contributed by atoms with van der Waals surface area (Å²) in [7, 11) is 0. The first-order valence-electron chi connectivity index (χ1n) is 6.54. The Morgan fingerprint density at radius 1 is 1.47 bits per heavy atom. The maximum absolute atomic E-state index is 12.5. The van der Waals surface area contributed by atoms with Crippen LogP contribution in [-0.4, -0.2) is 19.0 Å². The van der Waals surface area contributed by atoms with Crippen molar-refractivity contribution in [3.05, 3.63) is 28.2 Å². The maximum atomic E-state index is 12.5. The van der Waals surface area contributed by atoms with Crippen LogP contribution in [0.15, 0.2) is 18.2 Å². The average molecular weight is 301 g/mol. The molecule has 19 heavy (non-hydrogen) atoms. The highest BCUT2D eigenvalue weighted by Gasteiger charge is 2.37. The minimum absolute atomic E-state index is 0.0337. The number of piperidine rings is 1. The number of nitrogens with one attached hydrogen (secondary N) is 2. The Bertz CT molecular complexity index is 471. The summed E-state index contributed by atoms with van der Waals surface area (Å²) in [5, 5.41) is 7.26. The van der Waals surface area contributed by atoms with Gasteiger partial charge in [-0.05, 0) is 44.0 Å². The number of hydrogen-bond donors (Lipinski definition) is 2. The Kier molecular flexibility index (Phi) is 4.71. The van der Waals surface area contributed by atoms with Gasteiger partial charge in [0.2, 0.25) is 5.91 Å². The van der Waals surface area contributed by atoms with E-state index in [1.165, 1.54) is 0 Å². The fourth-order valence-electron chi connectivity index (χ4n) is 2.47. The zero-order valence-electron chi connectivity index (χ0n) is 10.9. The molecule has 1 amide bonds. The van der Waals surface area contributed by atoms with Crippen LogP contribution in [0.1, 0.15) is 26.2 Å². The molecule has 5 heteroatoms. The van der Waals surface area contributed by atoms with Gasteiger partial charge in [-0.3, -0.25) is 4.79 Å². The van der Waals surface area contributed by atoms with E-state index in [2.05, 4.69) is 17.6 Å². The second-order valence-corrected chi connectivity index (χ2v) is 5.84. The fraction of sp³-hybridized carbons (Fsp3) is 0.500. The second-order valence-electron chi connectivity index (χ2n) is 4.99. The van der Waals surface area contributed by atoms with E-state index in [0.29, 0.717) is 15.7 Å². The highest BCUT2D eigenvalue weighted by molar-refractivity contribution is 6.36. The summed E-state index contributed by atoms with van der Waals surface area (Å²) in [5.41, 5.74) is 0.288. The lowest BCUT2D eigenvalue weighted by molar-refractivity contribution is -0.126. The predicted octanol–water partition coefficient (Wildman–Crippen LogP) is 3.71. The maximum Gasteiger partial charge on any atom is 0.231 e. The molecule has 0 spiro atoms. The average Bonchev–Trinajstić information content (AvgIpc) is 2.42. The Morgan fingerprint density at radius 2 is 2.26 bits per heavy atom. The summed E-state index contributed by atoms with van der Waals surface area (Å²) in [6, 6.07) is 5.10. The van der Waals surface area contributed by atoms with Crippen molar-refractivity contribution in [1.82, 2.24) is 5.32 Å². The molecule has 1 aromatic rings. The van der Waals surface area contributed by atoms with Crippen LogP contribution in [0.5, 0.6) is 0 Å². The molecule has 1 heterocycles. The molecular formula is C14H18Cl2N2O. The smallest absolute Gasteiger partial charge is 0.231 e. The lowest BCUT2D eigenvalue weighted by Crippen LogP contribution is -2.47. The quantitative estimate of drug-likeness (QED) is 0.893. The summed E-state index contributed by atoms with van der Waals surface area (Å²) >= 11 is 11.9. The van der Waals surface area contributed by atoms with Crippen LogP contribution >= 0.6 is 23.2 Å². The lowest BCUT2D eigenvalue weighted by Gasteiger charge is -2.35. The first-order valence-corrected chi connectivity index (χ1v) is 7.30. The normalized spacial score (nSPS) is 23.1. The van der Waals surface area contributed by atoms with E-state index in [9.17, 15) is 4.79 Å². The largest absolute Gasteiger partial charge is 0.324 e. The minimum atomic E-state index is -0.332. The number of rotatable bonds is 3. The van der Waals surface area contributed by atoms with Crippen molar-refractivity contribution in [3.8, 4) is 0 Å². The van der Waals surface area contributed by atoms with Crippen molar-refractivity contribution >= 4 is 34.8 Å². The molecule has 1 aliphatic heterocycles. The van der Waals surface area contributed by atoms with Gasteiger partial charge in [-0.25, -0.2) is 0 Å². The molecule has 2 rings (SSSR count).